The quantitative estimate of drug-likeness (QED) is 0.401. The normalized spacial score (nSPS) is 10.7. The van der Waals surface area contributed by atoms with Crippen LogP contribution in [0.5, 0.6) is 0 Å². The standard InChI is InChI=1S/C25H23N3OS/c1-18-11-13-21(14-12-18)26-24(29)17-30-25-27-23(20-8-4-3-5-9-20)16-28(25)22-10-6-7-19(2)15-22/h3-16H,17H2,1-2H3,(H,26,29). The summed E-state index contributed by atoms with van der Waals surface area (Å²) >= 11 is 1.43. The Morgan fingerprint density at radius 1 is 0.933 bits per heavy atom. The topological polar surface area (TPSA) is 46.9 Å². The molecule has 150 valence electrons. The van der Waals surface area contributed by atoms with Gasteiger partial charge in [-0.2, -0.15) is 0 Å². The number of benzene rings is 3. The Kier molecular flexibility index (Phi) is 6.00. The molecule has 1 amide bonds. The molecule has 0 saturated carbocycles. The fourth-order valence-electron chi connectivity index (χ4n) is 3.14. The summed E-state index contributed by atoms with van der Waals surface area (Å²) in [6.45, 7) is 4.09. The monoisotopic (exact) mass is 413 g/mol. The highest BCUT2D eigenvalue weighted by atomic mass is 32.2. The van der Waals surface area contributed by atoms with E-state index in [1.165, 1.54) is 17.3 Å². The van der Waals surface area contributed by atoms with Crippen LogP contribution in [0.15, 0.2) is 90.2 Å². The second kappa shape index (κ2) is 9.01. The van der Waals surface area contributed by atoms with Gasteiger partial charge in [-0.3, -0.25) is 9.36 Å². The summed E-state index contributed by atoms with van der Waals surface area (Å²) in [7, 11) is 0. The van der Waals surface area contributed by atoms with Crippen LogP contribution in [0.25, 0.3) is 16.9 Å². The van der Waals surface area contributed by atoms with Crippen molar-refractivity contribution in [3.63, 3.8) is 0 Å². The van der Waals surface area contributed by atoms with Crippen LogP contribution in [-0.4, -0.2) is 21.2 Å². The largest absolute Gasteiger partial charge is 0.325 e. The van der Waals surface area contributed by atoms with Crippen LogP contribution in [0.4, 0.5) is 5.69 Å². The molecule has 0 radical (unpaired) electrons. The first-order chi connectivity index (χ1) is 14.6. The summed E-state index contributed by atoms with van der Waals surface area (Å²) in [5, 5.41) is 3.74. The number of carbonyl (C=O) groups is 1. The molecular weight excluding hydrogens is 390 g/mol. The van der Waals surface area contributed by atoms with Crippen LogP contribution in [0.1, 0.15) is 11.1 Å². The van der Waals surface area contributed by atoms with Gasteiger partial charge in [-0.15, -0.1) is 0 Å². The van der Waals surface area contributed by atoms with E-state index in [1.54, 1.807) is 0 Å². The summed E-state index contributed by atoms with van der Waals surface area (Å²) in [4.78, 5) is 17.3. The van der Waals surface area contributed by atoms with Gasteiger partial charge in [0.2, 0.25) is 5.91 Å². The van der Waals surface area contributed by atoms with E-state index in [0.29, 0.717) is 0 Å². The SMILES string of the molecule is Cc1ccc(NC(=O)CSc2nc(-c3ccccc3)cn2-c2cccc(C)c2)cc1. The summed E-state index contributed by atoms with van der Waals surface area (Å²) in [6.07, 6.45) is 2.03. The van der Waals surface area contributed by atoms with Gasteiger partial charge >= 0.3 is 0 Å². The minimum atomic E-state index is -0.0519. The van der Waals surface area contributed by atoms with E-state index >= 15 is 0 Å². The van der Waals surface area contributed by atoms with Crippen molar-refractivity contribution in [2.75, 3.05) is 11.1 Å². The number of nitrogens with one attached hydrogen (secondary N) is 1. The molecule has 0 spiro atoms. The second-order valence-electron chi connectivity index (χ2n) is 7.19. The zero-order valence-electron chi connectivity index (χ0n) is 17.0. The van der Waals surface area contributed by atoms with Gasteiger partial charge < -0.3 is 5.32 Å². The molecule has 3 aromatic carbocycles. The van der Waals surface area contributed by atoms with Crippen molar-refractivity contribution in [3.8, 4) is 16.9 Å². The molecular formula is C25H23N3OS. The maximum Gasteiger partial charge on any atom is 0.234 e. The van der Waals surface area contributed by atoms with Gasteiger partial charge in [-0.05, 0) is 43.7 Å². The van der Waals surface area contributed by atoms with E-state index in [9.17, 15) is 4.79 Å². The highest BCUT2D eigenvalue weighted by Crippen LogP contribution is 2.27. The second-order valence-corrected chi connectivity index (χ2v) is 8.13. The Hall–Kier alpha value is -3.31. The molecule has 30 heavy (non-hydrogen) atoms. The number of hydrogen-bond donors (Lipinski definition) is 1. The molecule has 4 aromatic rings. The maximum atomic E-state index is 12.5. The molecule has 0 bridgehead atoms. The Morgan fingerprint density at radius 2 is 1.70 bits per heavy atom. The van der Waals surface area contributed by atoms with Gasteiger partial charge in [0.05, 0.1) is 11.4 Å². The van der Waals surface area contributed by atoms with Crippen molar-refractivity contribution in [2.24, 2.45) is 0 Å². The van der Waals surface area contributed by atoms with Crippen molar-refractivity contribution in [2.45, 2.75) is 19.0 Å². The smallest absolute Gasteiger partial charge is 0.234 e. The van der Waals surface area contributed by atoms with Crippen LogP contribution in [0, 0.1) is 13.8 Å². The van der Waals surface area contributed by atoms with Crippen molar-refractivity contribution < 1.29 is 4.79 Å². The Morgan fingerprint density at radius 3 is 2.43 bits per heavy atom. The van der Waals surface area contributed by atoms with Crippen molar-refractivity contribution in [3.05, 3.63) is 96.2 Å². The highest BCUT2D eigenvalue weighted by Gasteiger charge is 2.14. The lowest BCUT2D eigenvalue weighted by Crippen LogP contribution is -2.14. The third-order valence-electron chi connectivity index (χ3n) is 4.69. The molecule has 0 aliphatic heterocycles. The van der Waals surface area contributed by atoms with Crippen molar-refractivity contribution >= 4 is 23.4 Å². The van der Waals surface area contributed by atoms with Crippen molar-refractivity contribution in [1.29, 1.82) is 0 Å². The molecule has 0 aliphatic rings. The van der Waals surface area contributed by atoms with Gasteiger partial charge in [0.15, 0.2) is 5.16 Å². The fraction of sp³-hybridized carbons (Fsp3) is 0.120. The van der Waals surface area contributed by atoms with Crippen LogP contribution in [-0.2, 0) is 4.79 Å². The minimum absolute atomic E-state index is 0.0519. The first-order valence-corrected chi connectivity index (χ1v) is 10.8. The van der Waals surface area contributed by atoms with Crippen LogP contribution in [0.2, 0.25) is 0 Å². The fourth-order valence-corrected chi connectivity index (χ4v) is 3.93. The number of aryl methyl sites for hydroxylation is 2. The number of aromatic nitrogens is 2. The summed E-state index contributed by atoms with van der Waals surface area (Å²) in [5.74, 6) is 0.231. The molecule has 0 unspecified atom stereocenters. The summed E-state index contributed by atoms with van der Waals surface area (Å²) in [6, 6.07) is 26.2. The average molecular weight is 414 g/mol. The van der Waals surface area contributed by atoms with E-state index < -0.39 is 0 Å². The molecule has 0 atom stereocenters. The molecule has 1 N–H and O–H groups in total. The summed E-state index contributed by atoms with van der Waals surface area (Å²) < 4.78 is 2.05. The molecule has 1 aromatic heterocycles. The molecule has 1 heterocycles. The van der Waals surface area contributed by atoms with Crippen LogP contribution in [0.3, 0.4) is 0 Å². The Bertz CT molecular complexity index is 1150. The number of amides is 1. The minimum Gasteiger partial charge on any atom is -0.325 e. The lowest BCUT2D eigenvalue weighted by molar-refractivity contribution is -0.113. The van der Waals surface area contributed by atoms with Gasteiger partial charge in [0.25, 0.3) is 0 Å². The number of carbonyl (C=O) groups excluding carboxylic acids is 1. The molecule has 0 saturated heterocycles. The average Bonchev–Trinajstić information content (AvgIpc) is 3.19. The lowest BCUT2D eigenvalue weighted by Gasteiger charge is -2.09. The van der Waals surface area contributed by atoms with E-state index in [2.05, 4.69) is 35.0 Å². The predicted molar refractivity (Wildman–Crippen MR) is 124 cm³/mol. The zero-order valence-corrected chi connectivity index (χ0v) is 17.8. The van der Waals surface area contributed by atoms with E-state index in [1.807, 2.05) is 73.8 Å². The first-order valence-electron chi connectivity index (χ1n) is 9.80. The maximum absolute atomic E-state index is 12.5. The van der Waals surface area contributed by atoms with Crippen LogP contribution >= 0.6 is 11.8 Å². The molecule has 4 rings (SSSR count). The third-order valence-corrected chi connectivity index (χ3v) is 5.64. The first kappa shape index (κ1) is 20.0. The highest BCUT2D eigenvalue weighted by molar-refractivity contribution is 7.99. The third kappa shape index (κ3) is 4.81. The summed E-state index contributed by atoms with van der Waals surface area (Å²) in [5.41, 5.74) is 6.12. The molecule has 0 aliphatic carbocycles. The van der Waals surface area contributed by atoms with Crippen molar-refractivity contribution in [1.82, 2.24) is 9.55 Å². The Balaban J connectivity index is 1.57. The van der Waals surface area contributed by atoms with Crippen LogP contribution < -0.4 is 5.32 Å². The number of thioether (sulfide) groups is 1. The molecule has 5 heteroatoms. The van der Waals surface area contributed by atoms with Gasteiger partial charge in [0.1, 0.15) is 0 Å². The Labute approximate surface area is 181 Å². The number of hydrogen-bond acceptors (Lipinski definition) is 3. The number of rotatable bonds is 6. The molecule has 0 fully saturated rings. The van der Waals surface area contributed by atoms with Gasteiger partial charge in [-0.1, -0.05) is 71.9 Å². The number of imidazole rings is 1. The van der Waals surface area contributed by atoms with E-state index in [0.717, 1.165) is 33.4 Å². The van der Waals surface area contributed by atoms with Gasteiger partial charge in [0, 0.05) is 23.1 Å². The zero-order chi connectivity index (χ0) is 20.9. The lowest BCUT2D eigenvalue weighted by atomic mass is 10.2. The van der Waals surface area contributed by atoms with E-state index in [4.69, 9.17) is 4.98 Å². The molecule has 4 nitrogen and oxygen atoms in total. The number of nitrogens with zero attached hydrogens (tertiary/aromatic N) is 2. The van der Waals surface area contributed by atoms with E-state index in [-0.39, 0.29) is 11.7 Å². The van der Waals surface area contributed by atoms with Gasteiger partial charge in [-0.25, -0.2) is 4.98 Å². The number of anilines is 1. The predicted octanol–water partition coefficient (Wildman–Crippen LogP) is 5.89.